The molecular weight excluding hydrogens is 420 g/mol. The molecule has 3 rings (SSSR count). The topological polar surface area (TPSA) is 119 Å². The molecule has 0 aromatic heterocycles. The lowest BCUT2D eigenvalue weighted by Gasteiger charge is -2.18. The highest BCUT2D eigenvalue weighted by Gasteiger charge is 2.37. The summed E-state index contributed by atoms with van der Waals surface area (Å²) >= 11 is 0. The predicted octanol–water partition coefficient (Wildman–Crippen LogP) is 1.25. The fourth-order valence-corrected chi connectivity index (χ4v) is 5.53. The second kappa shape index (κ2) is 8.01. The molecule has 0 saturated carbocycles. The van der Waals surface area contributed by atoms with E-state index in [0.29, 0.717) is 15.6 Å². The molecule has 2 aromatic rings. The number of hydrogen-bond donors (Lipinski definition) is 1. The molecule has 0 atom stereocenters. The summed E-state index contributed by atoms with van der Waals surface area (Å²) in [5.41, 5.74) is 0.653. The molecule has 0 aliphatic carbocycles. The number of benzene rings is 2. The Bertz CT molecular complexity index is 1130. The smallest absolute Gasteiger partial charge is 0.244 e. The van der Waals surface area contributed by atoms with Crippen molar-refractivity contribution in [3.8, 4) is 11.5 Å². The number of hydrogen-bond acceptors (Lipinski definition) is 7. The number of anilines is 1. The Labute approximate surface area is 169 Å². The van der Waals surface area contributed by atoms with Gasteiger partial charge >= 0.3 is 0 Å². The molecule has 1 heterocycles. The molecule has 0 radical (unpaired) electrons. The third-order valence-electron chi connectivity index (χ3n) is 4.38. The first-order valence-corrected chi connectivity index (χ1v) is 11.6. The summed E-state index contributed by atoms with van der Waals surface area (Å²) in [6.45, 7) is 0.000648. The van der Waals surface area contributed by atoms with Crippen molar-refractivity contribution in [1.82, 2.24) is 4.72 Å². The highest BCUT2D eigenvalue weighted by atomic mass is 32.2. The second-order valence-corrected chi connectivity index (χ2v) is 9.90. The summed E-state index contributed by atoms with van der Waals surface area (Å²) in [6.07, 6.45) is -0.147. The van der Waals surface area contributed by atoms with E-state index in [1.807, 2.05) is 0 Å². The third-order valence-corrected chi connectivity index (χ3v) is 7.49. The molecule has 9 nitrogen and oxygen atoms in total. The van der Waals surface area contributed by atoms with E-state index in [2.05, 4.69) is 4.72 Å². The van der Waals surface area contributed by atoms with Crippen molar-refractivity contribution >= 4 is 31.6 Å². The zero-order valence-electron chi connectivity index (χ0n) is 15.8. The number of amides is 1. The Morgan fingerprint density at radius 2 is 1.76 bits per heavy atom. The normalized spacial score (nSPS) is 16.1. The molecule has 0 unspecified atom stereocenters. The van der Waals surface area contributed by atoms with E-state index in [1.54, 1.807) is 24.3 Å². The number of ether oxygens (including phenoxy) is 2. The van der Waals surface area contributed by atoms with Crippen LogP contribution in [0.5, 0.6) is 11.5 Å². The largest absolute Gasteiger partial charge is 0.497 e. The van der Waals surface area contributed by atoms with Crippen LogP contribution in [0, 0.1) is 0 Å². The third kappa shape index (κ3) is 4.36. The summed E-state index contributed by atoms with van der Waals surface area (Å²) in [5.74, 6) is -0.248. The van der Waals surface area contributed by atoms with Crippen LogP contribution in [0.2, 0.25) is 0 Å². The first-order chi connectivity index (χ1) is 13.7. The first-order valence-electron chi connectivity index (χ1n) is 8.54. The highest BCUT2D eigenvalue weighted by Crippen LogP contribution is 2.32. The van der Waals surface area contributed by atoms with Crippen LogP contribution in [0.25, 0.3) is 0 Å². The summed E-state index contributed by atoms with van der Waals surface area (Å²) in [6, 6.07) is 10.6. The minimum Gasteiger partial charge on any atom is -0.497 e. The Hall–Kier alpha value is -2.63. The predicted molar refractivity (Wildman–Crippen MR) is 106 cm³/mol. The van der Waals surface area contributed by atoms with Crippen LogP contribution in [0.15, 0.2) is 47.4 Å². The molecular formula is C18H20N2O7S2. The van der Waals surface area contributed by atoms with E-state index in [4.69, 9.17) is 9.47 Å². The Balaban J connectivity index is 1.91. The maximum atomic E-state index is 12.8. The molecule has 0 bridgehead atoms. The Morgan fingerprint density at radius 3 is 2.31 bits per heavy atom. The summed E-state index contributed by atoms with van der Waals surface area (Å²) in [5, 5.41) is 0. The van der Waals surface area contributed by atoms with Gasteiger partial charge in [-0.2, -0.15) is 0 Å². The SMILES string of the molecule is COc1ccc(CNS(=O)(=O)c2cc(N3C(=O)CCS3(=O)=O)ccc2OC)cc1. The van der Waals surface area contributed by atoms with E-state index in [1.165, 1.54) is 26.4 Å². The average Bonchev–Trinajstić information content (AvgIpc) is 2.98. The van der Waals surface area contributed by atoms with Gasteiger partial charge in [0.25, 0.3) is 0 Å². The van der Waals surface area contributed by atoms with Crippen LogP contribution in [0.1, 0.15) is 12.0 Å². The molecule has 1 fully saturated rings. The van der Waals surface area contributed by atoms with Gasteiger partial charge in [0.2, 0.25) is 26.0 Å². The van der Waals surface area contributed by atoms with Gasteiger partial charge in [-0.05, 0) is 35.9 Å². The van der Waals surface area contributed by atoms with Crippen LogP contribution < -0.4 is 18.5 Å². The average molecular weight is 440 g/mol. The molecule has 1 N–H and O–H groups in total. The maximum absolute atomic E-state index is 12.8. The van der Waals surface area contributed by atoms with E-state index >= 15 is 0 Å². The second-order valence-electron chi connectivity index (χ2n) is 6.23. The van der Waals surface area contributed by atoms with Gasteiger partial charge in [0.15, 0.2) is 0 Å². The van der Waals surface area contributed by atoms with E-state index in [9.17, 15) is 21.6 Å². The van der Waals surface area contributed by atoms with Gasteiger partial charge in [-0.25, -0.2) is 25.9 Å². The first kappa shape index (κ1) is 21.1. The number of nitrogens with one attached hydrogen (secondary N) is 1. The van der Waals surface area contributed by atoms with Crippen LogP contribution >= 0.6 is 0 Å². The Kier molecular flexibility index (Phi) is 5.82. The minimum absolute atomic E-state index is 0.000648. The molecule has 0 spiro atoms. The number of sulfonamides is 2. The molecule has 11 heteroatoms. The summed E-state index contributed by atoms with van der Waals surface area (Å²) in [4.78, 5) is 11.7. The zero-order chi connectivity index (χ0) is 21.2. The molecule has 156 valence electrons. The van der Waals surface area contributed by atoms with Gasteiger partial charge in [-0.1, -0.05) is 12.1 Å². The van der Waals surface area contributed by atoms with Gasteiger partial charge in [0, 0.05) is 13.0 Å². The fourth-order valence-electron chi connectivity index (χ4n) is 2.87. The molecule has 1 saturated heterocycles. The van der Waals surface area contributed by atoms with Crippen LogP contribution in [0.3, 0.4) is 0 Å². The van der Waals surface area contributed by atoms with Crippen molar-refractivity contribution in [2.75, 3.05) is 24.3 Å². The minimum atomic E-state index is -4.06. The molecule has 1 aliphatic rings. The van der Waals surface area contributed by atoms with Gasteiger partial charge in [0.1, 0.15) is 16.4 Å². The van der Waals surface area contributed by atoms with Gasteiger partial charge in [-0.3, -0.25) is 4.79 Å². The van der Waals surface area contributed by atoms with E-state index < -0.39 is 26.0 Å². The van der Waals surface area contributed by atoms with Gasteiger partial charge in [0.05, 0.1) is 25.7 Å². The van der Waals surface area contributed by atoms with Gasteiger partial charge < -0.3 is 9.47 Å². The number of nitrogens with zero attached hydrogens (tertiary/aromatic N) is 1. The quantitative estimate of drug-likeness (QED) is 0.688. The van der Waals surface area contributed by atoms with Crippen LogP contribution in [-0.2, 0) is 31.4 Å². The number of carbonyl (C=O) groups is 1. The lowest BCUT2D eigenvalue weighted by molar-refractivity contribution is -0.116. The molecule has 29 heavy (non-hydrogen) atoms. The van der Waals surface area contributed by atoms with E-state index in [-0.39, 0.29) is 35.1 Å². The van der Waals surface area contributed by atoms with Crippen molar-refractivity contribution < 1.29 is 31.1 Å². The Morgan fingerprint density at radius 1 is 1.07 bits per heavy atom. The molecule has 1 amide bonds. The van der Waals surface area contributed by atoms with Crippen molar-refractivity contribution in [2.45, 2.75) is 17.9 Å². The van der Waals surface area contributed by atoms with E-state index in [0.717, 1.165) is 6.07 Å². The van der Waals surface area contributed by atoms with Crippen molar-refractivity contribution in [1.29, 1.82) is 0 Å². The van der Waals surface area contributed by atoms with Crippen molar-refractivity contribution in [3.05, 3.63) is 48.0 Å². The highest BCUT2D eigenvalue weighted by molar-refractivity contribution is 7.94. The summed E-state index contributed by atoms with van der Waals surface area (Å²) < 4.78 is 63.3. The lowest BCUT2D eigenvalue weighted by atomic mass is 10.2. The van der Waals surface area contributed by atoms with Crippen LogP contribution in [-0.4, -0.2) is 42.7 Å². The van der Waals surface area contributed by atoms with Crippen LogP contribution in [0.4, 0.5) is 5.69 Å². The number of carbonyl (C=O) groups excluding carboxylic acids is 1. The lowest BCUT2D eigenvalue weighted by Crippen LogP contribution is -2.30. The number of rotatable bonds is 7. The maximum Gasteiger partial charge on any atom is 0.244 e. The molecule has 2 aromatic carbocycles. The molecule has 1 aliphatic heterocycles. The monoisotopic (exact) mass is 440 g/mol. The summed E-state index contributed by atoms with van der Waals surface area (Å²) in [7, 11) is -5.05. The zero-order valence-corrected chi connectivity index (χ0v) is 17.4. The van der Waals surface area contributed by atoms with Gasteiger partial charge in [-0.15, -0.1) is 0 Å². The fraction of sp³-hybridized carbons (Fsp3) is 0.278. The van der Waals surface area contributed by atoms with Crippen molar-refractivity contribution in [3.63, 3.8) is 0 Å². The van der Waals surface area contributed by atoms with Crippen molar-refractivity contribution in [2.24, 2.45) is 0 Å². The number of methoxy groups -OCH3 is 2. The standard InChI is InChI=1S/C18H20N2O7S2/c1-26-15-6-3-13(4-7-15)12-19-29(24,25)17-11-14(5-8-16(17)27-2)20-18(21)9-10-28(20,22)23/h3-8,11,19H,9-10,12H2,1-2H3.